The van der Waals surface area contributed by atoms with Gasteiger partial charge < -0.3 is 11.1 Å². The summed E-state index contributed by atoms with van der Waals surface area (Å²) in [6.07, 6.45) is 5.22. The van der Waals surface area contributed by atoms with Crippen LogP contribution in [0.15, 0.2) is 0 Å². The van der Waals surface area contributed by atoms with Crippen molar-refractivity contribution in [1.29, 1.82) is 0 Å². The molecule has 0 unspecified atom stereocenters. The molecule has 1 amide bonds. The van der Waals surface area contributed by atoms with E-state index >= 15 is 0 Å². The van der Waals surface area contributed by atoms with Crippen molar-refractivity contribution in [2.75, 3.05) is 11.5 Å². The van der Waals surface area contributed by atoms with Crippen LogP contribution in [0.4, 0.5) is 0 Å². The molecular formula is C11H20N2O2S. The average Bonchev–Trinajstić information content (AvgIpc) is 2.19. The standard InChI is InChI=1S/C11H20N2O2S/c12-11(4-1-5-11)8-10(14)13-9-2-6-16(15)7-3-9/h9H,1-8,12H2,(H,13,14). The van der Waals surface area contributed by atoms with Gasteiger partial charge in [0, 0.05) is 40.3 Å². The normalized spacial score (nSPS) is 32.8. The van der Waals surface area contributed by atoms with Gasteiger partial charge in [-0.1, -0.05) is 0 Å². The van der Waals surface area contributed by atoms with Gasteiger partial charge >= 0.3 is 0 Å². The lowest BCUT2D eigenvalue weighted by Crippen LogP contribution is -2.51. The highest BCUT2D eigenvalue weighted by atomic mass is 32.2. The van der Waals surface area contributed by atoms with E-state index in [4.69, 9.17) is 5.73 Å². The number of carbonyl (C=O) groups excluding carboxylic acids is 1. The van der Waals surface area contributed by atoms with Crippen LogP contribution in [0.5, 0.6) is 0 Å². The first-order valence-corrected chi connectivity index (χ1v) is 7.49. The van der Waals surface area contributed by atoms with E-state index in [9.17, 15) is 9.00 Å². The zero-order valence-electron chi connectivity index (χ0n) is 9.54. The minimum Gasteiger partial charge on any atom is -0.353 e. The molecule has 0 bridgehead atoms. The molecule has 0 aromatic heterocycles. The molecule has 1 aliphatic carbocycles. The van der Waals surface area contributed by atoms with Gasteiger partial charge in [-0.15, -0.1) is 0 Å². The van der Waals surface area contributed by atoms with E-state index < -0.39 is 10.8 Å². The molecule has 1 saturated carbocycles. The SMILES string of the molecule is NC1(CC(=O)NC2CCS(=O)CC2)CCC1. The van der Waals surface area contributed by atoms with E-state index in [1.165, 1.54) is 0 Å². The van der Waals surface area contributed by atoms with Crippen LogP contribution in [0.25, 0.3) is 0 Å². The fraction of sp³-hybridized carbons (Fsp3) is 0.909. The highest BCUT2D eigenvalue weighted by molar-refractivity contribution is 7.85. The zero-order valence-corrected chi connectivity index (χ0v) is 10.4. The van der Waals surface area contributed by atoms with E-state index in [2.05, 4.69) is 5.32 Å². The van der Waals surface area contributed by atoms with Crippen LogP contribution < -0.4 is 11.1 Å². The Labute approximate surface area is 98.8 Å². The van der Waals surface area contributed by atoms with Crippen molar-refractivity contribution < 1.29 is 9.00 Å². The zero-order chi connectivity index (χ0) is 11.6. The van der Waals surface area contributed by atoms with Gasteiger partial charge in [-0.25, -0.2) is 0 Å². The Morgan fingerprint density at radius 1 is 1.38 bits per heavy atom. The summed E-state index contributed by atoms with van der Waals surface area (Å²) in [4.78, 5) is 11.7. The smallest absolute Gasteiger partial charge is 0.222 e. The van der Waals surface area contributed by atoms with E-state index in [0.29, 0.717) is 6.42 Å². The minimum atomic E-state index is -0.661. The molecule has 16 heavy (non-hydrogen) atoms. The number of amides is 1. The largest absolute Gasteiger partial charge is 0.353 e. The Kier molecular flexibility index (Phi) is 3.64. The highest BCUT2D eigenvalue weighted by Gasteiger charge is 2.35. The summed E-state index contributed by atoms with van der Waals surface area (Å²) >= 11 is 0. The molecule has 0 aromatic carbocycles. The van der Waals surface area contributed by atoms with Gasteiger partial charge in [-0.3, -0.25) is 9.00 Å². The fourth-order valence-corrected chi connectivity index (χ4v) is 3.64. The van der Waals surface area contributed by atoms with Crippen LogP contribution in [0.1, 0.15) is 38.5 Å². The predicted molar refractivity (Wildman–Crippen MR) is 64.4 cm³/mol. The predicted octanol–water partition coefficient (Wildman–Crippen LogP) is 0.285. The Morgan fingerprint density at radius 2 is 2.00 bits per heavy atom. The molecule has 2 fully saturated rings. The number of nitrogens with one attached hydrogen (secondary N) is 1. The molecule has 0 aromatic rings. The Hall–Kier alpha value is -0.420. The molecule has 2 rings (SSSR count). The van der Waals surface area contributed by atoms with Gasteiger partial charge in [0.05, 0.1) is 0 Å². The van der Waals surface area contributed by atoms with Crippen molar-refractivity contribution >= 4 is 16.7 Å². The van der Waals surface area contributed by atoms with Crippen LogP contribution in [-0.2, 0) is 15.6 Å². The fourth-order valence-electron chi connectivity index (χ4n) is 2.34. The molecule has 2 aliphatic rings. The summed E-state index contributed by atoms with van der Waals surface area (Å²) in [6, 6.07) is 0.217. The lowest BCUT2D eigenvalue weighted by Gasteiger charge is -2.38. The number of hydrogen-bond acceptors (Lipinski definition) is 3. The molecule has 1 saturated heterocycles. The lowest BCUT2D eigenvalue weighted by molar-refractivity contribution is -0.123. The third-order valence-corrected chi connectivity index (χ3v) is 5.00. The number of carbonyl (C=O) groups is 1. The lowest BCUT2D eigenvalue weighted by atomic mass is 9.75. The van der Waals surface area contributed by atoms with Crippen molar-refractivity contribution in [3.63, 3.8) is 0 Å². The highest BCUT2D eigenvalue weighted by Crippen LogP contribution is 2.32. The second-order valence-corrected chi connectivity index (χ2v) is 6.78. The van der Waals surface area contributed by atoms with Crippen molar-refractivity contribution in [3.05, 3.63) is 0 Å². The molecule has 4 nitrogen and oxygen atoms in total. The molecule has 92 valence electrons. The van der Waals surface area contributed by atoms with Gasteiger partial charge in [0.15, 0.2) is 0 Å². The first kappa shape index (κ1) is 12.0. The van der Waals surface area contributed by atoms with Crippen LogP contribution in [-0.4, -0.2) is 33.2 Å². The third-order valence-electron chi connectivity index (χ3n) is 3.62. The summed E-state index contributed by atoms with van der Waals surface area (Å²) in [5.41, 5.74) is 5.79. The Balaban J connectivity index is 1.72. The molecule has 1 aliphatic heterocycles. The van der Waals surface area contributed by atoms with E-state index in [1.807, 2.05) is 0 Å². The van der Waals surface area contributed by atoms with Crippen molar-refractivity contribution in [2.45, 2.75) is 50.1 Å². The average molecular weight is 244 g/mol. The molecule has 3 N–H and O–H groups in total. The second kappa shape index (κ2) is 4.84. The summed E-state index contributed by atoms with van der Waals surface area (Å²) in [5.74, 6) is 1.51. The van der Waals surface area contributed by atoms with E-state index in [0.717, 1.165) is 43.6 Å². The summed E-state index contributed by atoms with van der Waals surface area (Å²) in [5, 5.41) is 3.01. The van der Waals surface area contributed by atoms with Crippen molar-refractivity contribution in [3.8, 4) is 0 Å². The van der Waals surface area contributed by atoms with E-state index in [1.54, 1.807) is 0 Å². The summed E-state index contributed by atoms with van der Waals surface area (Å²) in [7, 11) is -0.661. The maximum absolute atomic E-state index is 11.7. The van der Waals surface area contributed by atoms with Crippen LogP contribution in [0.3, 0.4) is 0 Å². The third kappa shape index (κ3) is 3.04. The Morgan fingerprint density at radius 3 is 2.50 bits per heavy atom. The van der Waals surface area contributed by atoms with E-state index in [-0.39, 0.29) is 17.5 Å². The van der Waals surface area contributed by atoms with Crippen molar-refractivity contribution in [2.24, 2.45) is 5.73 Å². The minimum absolute atomic E-state index is 0.0693. The van der Waals surface area contributed by atoms with Gasteiger partial charge in [0.1, 0.15) is 0 Å². The van der Waals surface area contributed by atoms with Gasteiger partial charge in [0.2, 0.25) is 5.91 Å². The van der Waals surface area contributed by atoms with Crippen LogP contribution in [0.2, 0.25) is 0 Å². The Bertz CT molecular complexity index is 292. The van der Waals surface area contributed by atoms with Crippen molar-refractivity contribution in [1.82, 2.24) is 5.32 Å². The monoisotopic (exact) mass is 244 g/mol. The molecule has 5 heteroatoms. The van der Waals surface area contributed by atoms with Gasteiger partial charge in [0.25, 0.3) is 0 Å². The molecule has 0 radical (unpaired) electrons. The number of rotatable bonds is 3. The van der Waals surface area contributed by atoms with Crippen LogP contribution in [0, 0.1) is 0 Å². The van der Waals surface area contributed by atoms with Gasteiger partial charge in [-0.05, 0) is 32.1 Å². The second-order valence-electron chi connectivity index (χ2n) is 5.08. The first-order chi connectivity index (χ1) is 7.57. The maximum Gasteiger partial charge on any atom is 0.222 e. The maximum atomic E-state index is 11.7. The summed E-state index contributed by atoms with van der Waals surface area (Å²) < 4.78 is 11.2. The number of hydrogen-bond donors (Lipinski definition) is 2. The molecular weight excluding hydrogens is 224 g/mol. The molecule has 0 spiro atoms. The quantitative estimate of drug-likeness (QED) is 0.749. The van der Waals surface area contributed by atoms with Gasteiger partial charge in [-0.2, -0.15) is 0 Å². The molecule has 0 atom stereocenters. The van der Waals surface area contributed by atoms with Crippen LogP contribution >= 0.6 is 0 Å². The first-order valence-electron chi connectivity index (χ1n) is 6.01. The summed E-state index contributed by atoms with van der Waals surface area (Å²) in [6.45, 7) is 0. The molecule has 1 heterocycles. The topological polar surface area (TPSA) is 72.2 Å². The number of nitrogens with two attached hydrogens (primary N) is 1.